The highest BCUT2D eigenvalue weighted by Gasteiger charge is 2.10. The monoisotopic (exact) mass is 218 g/mol. The van der Waals surface area contributed by atoms with Crippen LogP contribution >= 0.6 is 0 Å². The highest BCUT2D eigenvalue weighted by Crippen LogP contribution is 2.18. The quantitative estimate of drug-likeness (QED) is 0.794. The largest absolute Gasteiger partial charge is 0.487 e. The third-order valence-corrected chi connectivity index (χ3v) is 2.51. The van der Waals surface area contributed by atoms with Crippen LogP contribution in [0.3, 0.4) is 0 Å². The van der Waals surface area contributed by atoms with E-state index < -0.39 is 0 Å². The summed E-state index contributed by atoms with van der Waals surface area (Å²) >= 11 is 0. The Bertz CT molecular complexity index is 472. The van der Waals surface area contributed by atoms with Gasteiger partial charge in [-0.3, -0.25) is 4.98 Å². The highest BCUT2D eigenvalue weighted by molar-refractivity contribution is 5.27. The standard InChI is InChI=1S/C12H14N2O2/c1-8-11(10(3)16-14-8)7-15-12-5-4-6-13-9(12)2/h4-6H,7H2,1-3H3. The fourth-order valence-corrected chi connectivity index (χ4v) is 1.48. The normalized spacial score (nSPS) is 10.4. The van der Waals surface area contributed by atoms with Crippen LogP contribution in [0.2, 0.25) is 0 Å². The molecule has 2 aromatic rings. The topological polar surface area (TPSA) is 48.2 Å². The number of pyridine rings is 1. The number of hydrogen-bond donors (Lipinski definition) is 0. The fourth-order valence-electron chi connectivity index (χ4n) is 1.48. The first-order chi connectivity index (χ1) is 7.68. The van der Waals surface area contributed by atoms with E-state index in [0.29, 0.717) is 6.61 Å². The van der Waals surface area contributed by atoms with Gasteiger partial charge in [-0.05, 0) is 32.9 Å². The molecule has 0 aliphatic heterocycles. The number of hydrogen-bond acceptors (Lipinski definition) is 4. The smallest absolute Gasteiger partial charge is 0.141 e. The van der Waals surface area contributed by atoms with Crippen molar-refractivity contribution in [3.63, 3.8) is 0 Å². The minimum absolute atomic E-state index is 0.466. The van der Waals surface area contributed by atoms with E-state index in [4.69, 9.17) is 9.26 Å². The SMILES string of the molecule is Cc1ncccc1OCc1c(C)noc1C. The summed E-state index contributed by atoms with van der Waals surface area (Å²) in [5.41, 5.74) is 2.76. The van der Waals surface area contributed by atoms with Crippen molar-refractivity contribution in [3.05, 3.63) is 41.0 Å². The summed E-state index contributed by atoms with van der Waals surface area (Å²) in [7, 11) is 0. The van der Waals surface area contributed by atoms with Gasteiger partial charge in [0.05, 0.1) is 17.0 Å². The molecule has 0 unspecified atom stereocenters. The Kier molecular flexibility index (Phi) is 2.90. The Hall–Kier alpha value is -1.84. The van der Waals surface area contributed by atoms with Crippen LogP contribution < -0.4 is 4.74 Å². The van der Waals surface area contributed by atoms with Crippen LogP contribution in [-0.4, -0.2) is 10.1 Å². The van der Waals surface area contributed by atoms with Gasteiger partial charge in [-0.1, -0.05) is 5.16 Å². The van der Waals surface area contributed by atoms with Crippen LogP contribution in [0.1, 0.15) is 22.7 Å². The number of ether oxygens (including phenoxy) is 1. The summed E-state index contributed by atoms with van der Waals surface area (Å²) in [5, 5.41) is 3.88. The lowest BCUT2D eigenvalue weighted by Crippen LogP contribution is -1.99. The van der Waals surface area contributed by atoms with Gasteiger partial charge in [0.15, 0.2) is 0 Å². The zero-order valence-electron chi connectivity index (χ0n) is 9.65. The van der Waals surface area contributed by atoms with E-state index in [9.17, 15) is 0 Å². The first-order valence-corrected chi connectivity index (χ1v) is 5.14. The van der Waals surface area contributed by atoms with Crippen molar-refractivity contribution in [2.24, 2.45) is 0 Å². The zero-order valence-corrected chi connectivity index (χ0v) is 9.65. The molecule has 0 aliphatic carbocycles. The van der Waals surface area contributed by atoms with Crippen LogP contribution in [0.4, 0.5) is 0 Å². The van der Waals surface area contributed by atoms with Gasteiger partial charge in [0.1, 0.15) is 18.1 Å². The summed E-state index contributed by atoms with van der Waals surface area (Å²) in [5.74, 6) is 1.60. The molecule has 0 aliphatic rings. The predicted molar refractivity (Wildman–Crippen MR) is 59.3 cm³/mol. The maximum absolute atomic E-state index is 5.68. The lowest BCUT2D eigenvalue weighted by atomic mass is 10.2. The maximum Gasteiger partial charge on any atom is 0.141 e. The second kappa shape index (κ2) is 4.35. The van der Waals surface area contributed by atoms with Crippen molar-refractivity contribution in [2.45, 2.75) is 27.4 Å². The van der Waals surface area contributed by atoms with Gasteiger partial charge >= 0.3 is 0 Å². The van der Waals surface area contributed by atoms with Crippen molar-refractivity contribution in [1.82, 2.24) is 10.1 Å². The van der Waals surface area contributed by atoms with Gasteiger partial charge in [-0.2, -0.15) is 0 Å². The Morgan fingerprint density at radius 3 is 2.69 bits per heavy atom. The Morgan fingerprint density at radius 2 is 2.06 bits per heavy atom. The van der Waals surface area contributed by atoms with Crippen LogP contribution in [0.5, 0.6) is 5.75 Å². The molecule has 0 saturated carbocycles. The van der Waals surface area contributed by atoms with E-state index in [-0.39, 0.29) is 0 Å². The van der Waals surface area contributed by atoms with Gasteiger partial charge < -0.3 is 9.26 Å². The first kappa shape index (κ1) is 10.7. The van der Waals surface area contributed by atoms with Gasteiger partial charge in [0, 0.05) is 6.20 Å². The van der Waals surface area contributed by atoms with E-state index in [1.165, 1.54) is 0 Å². The average Bonchev–Trinajstić information content (AvgIpc) is 2.58. The molecule has 0 N–H and O–H groups in total. The van der Waals surface area contributed by atoms with Crippen LogP contribution in [0, 0.1) is 20.8 Å². The molecule has 4 nitrogen and oxygen atoms in total. The third kappa shape index (κ3) is 2.05. The van der Waals surface area contributed by atoms with Gasteiger partial charge in [0.25, 0.3) is 0 Å². The number of aromatic nitrogens is 2. The second-order valence-electron chi connectivity index (χ2n) is 3.68. The van der Waals surface area contributed by atoms with E-state index in [0.717, 1.165) is 28.5 Å². The number of rotatable bonds is 3. The lowest BCUT2D eigenvalue weighted by molar-refractivity contribution is 0.298. The summed E-state index contributed by atoms with van der Waals surface area (Å²) in [6.45, 7) is 6.18. The molecule has 0 spiro atoms. The molecule has 0 atom stereocenters. The summed E-state index contributed by atoms with van der Waals surface area (Å²) in [6, 6.07) is 3.76. The third-order valence-electron chi connectivity index (χ3n) is 2.51. The average molecular weight is 218 g/mol. The molecule has 0 fully saturated rings. The Labute approximate surface area is 94.2 Å². The van der Waals surface area contributed by atoms with E-state index in [2.05, 4.69) is 10.1 Å². The zero-order chi connectivity index (χ0) is 11.5. The molecule has 16 heavy (non-hydrogen) atoms. The summed E-state index contributed by atoms with van der Waals surface area (Å²) < 4.78 is 10.7. The maximum atomic E-state index is 5.68. The molecule has 0 saturated heterocycles. The lowest BCUT2D eigenvalue weighted by Gasteiger charge is -2.07. The van der Waals surface area contributed by atoms with Gasteiger partial charge in [0.2, 0.25) is 0 Å². The first-order valence-electron chi connectivity index (χ1n) is 5.14. The molecular formula is C12H14N2O2. The fraction of sp³-hybridized carbons (Fsp3) is 0.333. The predicted octanol–water partition coefficient (Wildman–Crippen LogP) is 2.57. The molecule has 0 radical (unpaired) electrons. The number of aryl methyl sites for hydroxylation is 3. The van der Waals surface area contributed by atoms with Crippen LogP contribution in [0.15, 0.2) is 22.9 Å². The Morgan fingerprint density at radius 1 is 1.25 bits per heavy atom. The van der Waals surface area contributed by atoms with E-state index >= 15 is 0 Å². The van der Waals surface area contributed by atoms with Crippen molar-refractivity contribution in [2.75, 3.05) is 0 Å². The highest BCUT2D eigenvalue weighted by atomic mass is 16.5. The van der Waals surface area contributed by atoms with Crippen LogP contribution in [-0.2, 0) is 6.61 Å². The molecular weight excluding hydrogens is 204 g/mol. The molecule has 4 heteroatoms. The molecule has 0 amide bonds. The van der Waals surface area contributed by atoms with Crippen molar-refractivity contribution < 1.29 is 9.26 Å². The summed E-state index contributed by atoms with van der Waals surface area (Å²) in [4.78, 5) is 4.16. The molecule has 2 heterocycles. The van der Waals surface area contributed by atoms with Gasteiger partial charge in [-0.15, -0.1) is 0 Å². The molecule has 2 rings (SSSR count). The molecule has 0 aromatic carbocycles. The minimum atomic E-state index is 0.466. The van der Waals surface area contributed by atoms with Gasteiger partial charge in [-0.25, -0.2) is 0 Å². The molecule has 0 bridgehead atoms. The summed E-state index contributed by atoms with van der Waals surface area (Å²) in [6.07, 6.45) is 1.75. The van der Waals surface area contributed by atoms with E-state index in [1.807, 2.05) is 32.9 Å². The van der Waals surface area contributed by atoms with E-state index in [1.54, 1.807) is 6.20 Å². The van der Waals surface area contributed by atoms with Crippen molar-refractivity contribution >= 4 is 0 Å². The Balaban J connectivity index is 2.11. The van der Waals surface area contributed by atoms with Crippen molar-refractivity contribution in [3.8, 4) is 5.75 Å². The molecule has 2 aromatic heterocycles. The minimum Gasteiger partial charge on any atom is -0.487 e. The van der Waals surface area contributed by atoms with Crippen LogP contribution in [0.25, 0.3) is 0 Å². The molecule has 84 valence electrons. The second-order valence-corrected chi connectivity index (χ2v) is 3.68. The van der Waals surface area contributed by atoms with Crippen molar-refractivity contribution in [1.29, 1.82) is 0 Å². The number of nitrogens with zero attached hydrogens (tertiary/aromatic N) is 2.